The third kappa shape index (κ3) is 11.6. The minimum Gasteiger partial charge on any atom is -0.456 e. The van der Waals surface area contributed by atoms with Crippen LogP contribution < -0.4 is 0 Å². The first-order valence-electron chi connectivity index (χ1n) is 20.5. The Morgan fingerprint density at radius 3 is 2.31 bits per heavy atom. The maximum Gasteiger partial charge on any atom is 0.329 e. The van der Waals surface area contributed by atoms with E-state index < -0.39 is 84.2 Å². The summed E-state index contributed by atoms with van der Waals surface area (Å²) >= 11 is 0. The average Bonchev–Trinajstić information content (AvgIpc) is 3.14. The topological polar surface area (TPSA) is 172 Å². The molecule has 4 aliphatic rings. The summed E-state index contributed by atoms with van der Waals surface area (Å²) in [7, 11) is 3.20. The molecule has 0 spiro atoms. The van der Waals surface area contributed by atoms with Crippen LogP contribution in [-0.2, 0) is 33.3 Å². The number of rotatable bonds is 6. The van der Waals surface area contributed by atoms with E-state index in [9.17, 15) is 34.8 Å². The summed E-state index contributed by atoms with van der Waals surface area (Å²) in [5.41, 5.74) is 1.66. The van der Waals surface area contributed by atoms with E-state index in [0.29, 0.717) is 76.3 Å². The average molecular weight is 776 g/mol. The molecule has 2 bridgehead atoms. The van der Waals surface area contributed by atoms with Gasteiger partial charge in [0.1, 0.15) is 24.0 Å². The summed E-state index contributed by atoms with van der Waals surface area (Å²) in [5, 5.41) is 44.2. The fraction of sp³-hybridized carbons (Fsp3) is 0.791. The Kier molecular flexibility index (Phi) is 16.7. The summed E-state index contributed by atoms with van der Waals surface area (Å²) < 4.78 is 24.6. The molecule has 0 aromatic heterocycles. The minimum atomic E-state index is -1.84. The molecule has 1 amide bonds. The molecular formula is C43H69NO11. The van der Waals surface area contributed by atoms with Crippen molar-refractivity contribution in [2.24, 2.45) is 29.6 Å². The second-order valence-electron chi connectivity index (χ2n) is 17.1. The predicted molar refractivity (Wildman–Crippen MR) is 207 cm³/mol. The van der Waals surface area contributed by atoms with Crippen molar-refractivity contribution in [3.8, 4) is 0 Å². The lowest BCUT2D eigenvalue weighted by Crippen LogP contribution is -2.59. The van der Waals surface area contributed by atoms with Gasteiger partial charge in [0, 0.05) is 44.9 Å². The molecule has 3 aliphatic heterocycles. The highest BCUT2D eigenvalue weighted by Gasteiger charge is 2.51. The van der Waals surface area contributed by atoms with E-state index >= 15 is 0 Å². The molecular weight excluding hydrogens is 706 g/mol. The highest BCUT2D eigenvalue weighted by atomic mass is 16.7. The van der Waals surface area contributed by atoms with Gasteiger partial charge in [-0.1, -0.05) is 44.6 Å². The van der Waals surface area contributed by atoms with Gasteiger partial charge < -0.3 is 44.3 Å². The van der Waals surface area contributed by atoms with Gasteiger partial charge in [-0.25, -0.2) is 4.79 Å². The Bertz CT molecular complexity index is 1380. The standard InChI is InChI=1S/C43H69NO11/c1-9-12-31-18-25(2)17-26(3)19-37(52-7)41-38(53-8)21-28(5)43(51,55-41)24-39(49)44-16-11-10-13-32(44)42(50)54-40(29(6)34(46)23-35(31)47)27(4)20-30-14-15-33(45)36(48)22-30/h9,18,20,26,28-34,36-38,40-41,45-46,48,51H,1,10-17,19,21-24H2,2-8H3/b25-18+,27-20+/t26-,28+,29+,30?,31+,32-,33+,34+,36+,37-,38-,40+,41+,43-/m0/s1. The summed E-state index contributed by atoms with van der Waals surface area (Å²) in [5.74, 6) is -4.72. The number of ether oxygens (including phenoxy) is 4. The molecule has 12 heteroatoms. The molecule has 4 N–H and O–H groups in total. The van der Waals surface area contributed by atoms with E-state index in [1.807, 2.05) is 32.9 Å². The Morgan fingerprint density at radius 1 is 0.964 bits per heavy atom. The van der Waals surface area contributed by atoms with Crippen molar-refractivity contribution in [1.82, 2.24) is 4.90 Å². The predicted octanol–water partition coefficient (Wildman–Crippen LogP) is 4.81. The number of fused-ring (bicyclic) bond motifs is 3. The lowest BCUT2D eigenvalue weighted by Gasteiger charge is -2.48. The molecule has 12 nitrogen and oxygen atoms in total. The molecule has 1 aliphatic carbocycles. The lowest BCUT2D eigenvalue weighted by atomic mass is 9.81. The highest BCUT2D eigenvalue weighted by Crippen LogP contribution is 2.40. The second-order valence-corrected chi connectivity index (χ2v) is 17.1. The maximum atomic E-state index is 14.2. The number of carbonyl (C=O) groups excluding carboxylic acids is 3. The van der Waals surface area contributed by atoms with Crippen LogP contribution in [-0.4, -0.2) is 118 Å². The van der Waals surface area contributed by atoms with Gasteiger partial charge in [-0.3, -0.25) is 9.59 Å². The number of aliphatic hydroxyl groups is 4. The van der Waals surface area contributed by atoms with Crippen molar-refractivity contribution in [2.75, 3.05) is 20.8 Å². The largest absolute Gasteiger partial charge is 0.456 e. The minimum absolute atomic E-state index is 0.0917. The molecule has 4 rings (SSSR count). The first kappa shape index (κ1) is 45.3. The number of Topliss-reactive ketones (excluding diaryl/α,β-unsaturated/α-hetero) is 1. The van der Waals surface area contributed by atoms with Crippen LogP contribution in [0.25, 0.3) is 0 Å². The third-order valence-electron chi connectivity index (χ3n) is 12.7. The molecule has 55 heavy (non-hydrogen) atoms. The number of nitrogens with zero attached hydrogens (tertiary/aromatic N) is 1. The molecule has 1 saturated carbocycles. The van der Waals surface area contributed by atoms with Gasteiger partial charge in [-0.2, -0.15) is 0 Å². The number of allylic oxidation sites excluding steroid dienone is 4. The van der Waals surface area contributed by atoms with Gasteiger partial charge in [-0.05, 0) is 95.5 Å². The van der Waals surface area contributed by atoms with Gasteiger partial charge in [0.15, 0.2) is 5.79 Å². The van der Waals surface area contributed by atoms with Crippen molar-refractivity contribution >= 4 is 17.7 Å². The number of aliphatic hydroxyl groups excluding tert-OH is 3. The third-order valence-corrected chi connectivity index (χ3v) is 12.7. The van der Waals surface area contributed by atoms with Crippen LogP contribution in [0.15, 0.2) is 36.0 Å². The van der Waals surface area contributed by atoms with Crippen LogP contribution in [0.3, 0.4) is 0 Å². The van der Waals surface area contributed by atoms with Crippen LogP contribution in [0.5, 0.6) is 0 Å². The van der Waals surface area contributed by atoms with E-state index in [2.05, 4.69) is 13.5 Å². The fourth-order valence-corrected chi connectivity index (χ4v) is 9.27. The number of ketones is 1. The second kappa shape index (κ2) is 20.3. The molecule has 0 radical (unpaired) electrons. The van der Waals surface area contributed by atoms with Crippen LogP contribution in [0.2, 0.25) is 0 Å². The molecule has 14 atom stereocenters. The number of amides is 1. The van der Waals surface area contributed by atoms with Gasteiger partial charge in [0.05, 0.1) is 36.9 Å². The smallest absolute Gasteiger partial charge is 0.329 e. The van der Waals surface area contributed by atoms with Crippen molar-refractivity contribution in [3.63, 3.8) is 0 Å². The zero-order valence-electron chi connectivity index (χ0n) is 34.2. The highest BCUT2D eigenvalue weighted by molar-refractivity contribution is 5.85. The number of carbonyl (C=O) groups is 3. The zero-order valence-corrected chi connectivity index (χ0v) is 34.2. The van der Waals surface area contributed by atoms with Crippen LogP contribution in [0, 0.1) is 29.6 Å². The van der Waals surface area contributed by atoms with Crippen molar-refractivity contribution < 1.29 is 53.8 Å². The molecule has 1 unspecified atom stereocenters. The van der Waals surface area contributed by atoms with Crippen LogP contribution in [0.4, 0.5) is 0 Å². The quantitative estimate of drug-likeness (QED) is 0.216. The van der Waals surface area contributed by atoms with Gasteiger partial charge in [0.25, 0.3) is 0 Å². The number of hydrogen-bond acceptors (Lipinski definition) is 11. The van der Waals surface area contributed by atoms with Gasteiger partial charge in [-0.15, -0.1) is 6.58 Å². The molecule has 3 fully saturated rings. The van der Waals surface area contributed by atoms with Gasteiger partial charge in [0.2, 0.25) is 5.91 Å². The van der Waals surface area contributed by atoms with Crippen molar-refractivity contribution in [2.45, 2.75) is 166 Å². The lowest BCUT2D eigenvalue weighted by molar-refractivity contribution is -0.321. The van der Waals surface area contributed by atoms with E-state index in [1.54, 1.807) is 27.2 Å². The van der Waals surface area contributed by atoms with Crippen LogP contribution in [0.1, 0.15) is 112 Å². The SMILES string of the molecule is C=CC[C@@H]1/C=C(\C)C[C@H](C)C[C@H](OC)[C@H]2O[C@@](O)(CC(=O)N3CCCC[C@H]3C(=O)O[C@H](/C(C)=C/C3CC[C@@H](O)[C@H](O)C3)[C@H](C)[C@H](O)CC1=O)[C@H](C)C[C@@H]2OC. The zero-order chi connectivity index (χ0) is 40.6. The Morgan fingerprint density at radius 2 is 1.65 bits per heavy atom. The summed E-state index contributed by atoms with van der Waals surface area (Å²) in [6.07, 6.45) is 4.95. The van der Waals surface area contributed by atoms with E-state index in [-0.39, 0.29) is 30.5 Å². The number of hydrogen-bond donors (Lipinski definition) is 4. The van der Waals surface area contributed by atoms with Gasteiger partial charge >= 0.3 is 5.97 Å². The number of methoxy groups -OCH3 is 2. The molecule has 2 saturated heterocycles. The van der Waals surface area contributed by atoms with Crippen molar-refractivity contribution in [1.29, 1.82) is 0 Å². The molecule has 3 heterocycles. The van der Waals surface area contributed by atoms with E-state index in [1.165, 1.54) is 4.90 Å². The summed E-state index contributed by atoms with van der Waals surface area (Å²) in [4.78, 5) is 43.8. The molecule has 312 valence electrons. The normalized spacial score (nSPS) is 42.0. The summed E-state index contributed by atoms with van der Waals surface area (Å²) in [6, 6.07) is -0.925. The monoisotopic (exact) mass is 775 g/mol. The number of esters is 1. The Balaban J connectivity index is 1.74. The first-order chi connectivity index (χ1) is 26.0. The van der Waals surface area contributed by atoms with Crippen LogP contribution >= 0.6 is 0 Å². The molecule has 0 aromatic carbocycles. The van der Waals surface area contributed by atoms with E-state index in [4.69, 9.17) is 18.9 Å². The fourth-order valence-electron chi connectivity index (χ4n) is 9.27. The Hall–Kier alpha value is -2.45. The Labute approximate surface area is 328 Å². The first-order valence-corrected chi connectivity index (χ1v) is 20.5. The molecule has 0 aromatic rings. The van der Waals surface area contributed by atoms with E-state index in [0.717, 1.165) is 5.57 Å². The number of cyclic esters (lactones) is 1. The maximum absolute atomic E-state index is 14.2. The summed E-state index contributed by atoms with van der Waals surface area (Å²) in [6.45, 7) is 13.7. The van der Waals surface area contributed by atoms with Crippen molar-refractivity contribution in [3.05, 3.63) is 36.0 Å². The number of piperidine rings is 1.